The van der Waals surface area contributed by atoms with Crippen molar-refractivity contribution in [2.75, 3.05) is 0 Å². The molecule has 15 heavy (non-hydrogen) atoms. The Labute approximate surface area is 86.8 Å². The highest BCUT2D eigenvalue weighted by Crippen LogP contribution is 2.14. The van der Waals surface area contributed by atoms with Crippen LogP contribution in [-0.2, 0) is 6.54 Å². The SMILES string of the molecule is O[C@H](Cn1cccn1)c1ccc(F)cc1. The van der Waals surface area contributed by atoms with E-state index >= 15 is 0 Å². The van der Waals surface area contributed by atoms with E-state index in [2.05, 4.69) is 5.10 Å². The number of nitrogens with zero attached hydrogens (tertiary/aromatic N) is 2. The third-order valence-electron chi connectivity index (χ3n) is 2.17. The van der Waals surface area contributed by atoms with Crippen molar-refractivity contribution in [1.29, 1.82) is 0 Å². The van der Waals surface area contributed by atoms with Crippen LogP contribution in [0.1, 0.15) is 11.7 Å². The van der Waals surface area contributed by atoms with Gasteiger partial charge in [0.25, 0.3) is 0 Å². The Morgan fingerprint density at radius 3 is 2.67 bits per heavy atom. The standard InChI is InChI=1S/C11H11FN2O/c12-10-4-2-9(3-5-10)11(15)8-14-7-1-6-13-14/h1-7,11,15H,8H2/t11-/m1/s1. The first-order valence-electron chi connectivity index (χ1n) is 4.66. The summed E-state index contributed by atoms with van der Waals surface area (Å²) in [6, 6.07) is 7.60. The molecule has 0 radical (unpaired) electrons. The number of aliphatic hydroxyl groups is 1. The summed E-state index contributed by atoms with van der Waals surface area (Å²) in [7, 11) is 0. The van der Waals surface area contributed by atoms with Gasteiger partial charge in [-0.25, -0.2) is 4.39 Å². The van der Waals surface area contributed by atoms with Crippen molar-refractivity contribution in [2.24, 2.45) is 0 Å². The maximum absolute atomic E-state index is 12.6. The van der Waals surface area contributed by atoms with Crippen LogP contribution < -0.4 is 0 Å². The molecule has 0 aliphatic heterocycles. The molecule has 1 atom stereocenters. The summed E-state index contributed by atoms with van der Waals surface area (Å²) in [5.41, 5.74) is 0.687. The van der Waals surface area contributed by atoms with Crippen molar-refractivity contribution >= 4 is 0 Å². The van der Waals surface area contributed by atoms with Gasteiger partial charge in [0.05, 0.1) is 12.6 Å². The molecule has 0 saturated heterocycles. The second kappa shape index (κ2) is 4.23. The van der Waals surface area contributed by atoms with E-state index in [1.807, 2.05) is 0 Å². The second-order valence-corrected chi connectivity index (χ2v) is 3.30. The molecular formula is C11H11FN2O. The Morgan fingerprint density at radius 2 is 2.07 bits per heavy atom. The van der Waals surface area contributed by atoms with Crippen LogP contribution in [0.4, 0.5) is 4.39 Å². The monoisotopic (exact) mass is 206 g/mol. The van der Waals surface area contributed by atoms with Crippen LogP contribution in [0.3, 0.4) is 0 Å². The highest BCUT2D eigenvalue weighted by atomic mass is 19.1. The quantitative estimate of drug-likeness (QED) is 0.830. The lowest BCUT2D eigenvalue weighted by atomic mass is 10.1. The lowest BCUT2D eigenvalue weighted by Crippen LogP contribution is -2.08. The summed E-state index contributed by atoms with van der Waals surface area (Å²) in [6.07, 6.45) is 2.76. The van der Waals surface area contributed by atoms with Crippen LogP contribution in [0.5, 0.6) is 0 Å². The molecule has 3 nitrogen and oxygen atoms in total. The first kappa shape index (κ1) is 9.86. The highest BCUT2D eigenvalue weighted by molar-refractivity contribution is 5.18. The minimum atomic E-state index is -0.662. The van der Waals surface area contributed by atoms with Crippen molar-refractivity contribution in [3.63, 3.8) is 0 Å². The first-order valence-corrected chi connectivity index (χ1v) is 4.66. The fraction of sp³-hybridized carbons (Fsp3) is 0.182. The molecule has 1 heterocycles. The topological polar surface area (TPSA) is 38.0 Å². The Kier molecular flexibility index (Phi) is 2.78. The van der Waals surface area contributed by atoms with Gasteiger partial charge in [-0.3, -0.25) is 4.68 Å². The third-order valence-corrected chi connectivity index (χ3v) is 2.17. The number of hydrogen-bond donors (Lipinski definition) is 1. The number of hydrogen-bond acceptors (Lipinski definition) is 2. The predicted octanol–water partition coefficient (Wildman–Crippen LogP) is 1.76. The van der Waals surface area contributed by atoms with Gasteiger partial charge >= 0.3 is 0 Å². The van der Waals surface area contributed by atoms with E-state index in [4.69, 9.17) is 0 Å². The van der Waals surface area contributed by atoms with Crippen LogP contribution in [0.15, 0.2) is 42.7 Å². The number of aromatic nitrogens is 2. The maximum atomic E-state index is 12.6. The van der Waals surface area contributed by atoms with Crippen molar-refractivity contribution in [1.82, 2.24) is 9.78 Å². The van der Waals surface area contributed by atoms with E-state index in [-0.39, 0.29) is 5.82 Å². The molecule has 2 aromatic rings. The van der Waals surface area contributed by atoms with E-state index in [1.165, 1.54) is 12.1 Å². The van der Waals surface area contributed by atoms with E-state index in [1.54, 1.807) is 35.3 Å². The van der Waals surface area contributed by atoms with Gasteiger partial charge in [-0.2, -0.15) is 5.10 Å². The van der Waals surface area contributed by atoms with E-state index in [9.17, 15) is 9.50 Å². The maximum Gasteiger partial charge on any atom is 0.123 e. The third kappa shape index (κ3) is 2.41. The zero-order valence-corrected chi connectivity index (χ0v) is 8.05. The Bertz CT molecular complexity index is 411. The second-order valence-electron chi connectivity index (χ2n) is 3.30. The summed E-state index contributed by atoms with van der Waals surface area (Å²) in [4.78, 5) is 0. The van der Waals surface area contributed by atoms with Crippen LogP contribution in [0.25, 0.3) is 0 Å². The van der Waals surface area contributed by atoms with Gasteiger partial charge in [-0.15, -0.1) is 0 Å². The molecule has 0 saturated carbocycles. The molecule has 0 spiro atoms. The molecule has 0 aliphatic rings. The summed E-state index contributed by atoms with van der Waals surface area (Å²) in [5.74, 6) is -0.301. The molecule has 0 fully saturated rings. The fourth-order valence-electron chi connectivity index (χ4n) is 1.38. The lowest BCUT2D eigenvalue weighted by Gasteiger charge is -2.10. The lowest BCUT2D eigenvalue weighted by molar-refractivity contribution is 0.151. The zero-order valence-electron chi connectivity index (χ0n) is 8.05. The van der Waals surface area contributed by atoms with E-state index < -0.39 is 6.10 Å². The Morgan fingerprint density at radius 1 is 1.33 bits per heavy atom. The molecule has 78 valence electrons. The smallest absolute Gasteiger partial charge is 0.123 e. The van der Waals surface area contributed by atoms with E-state index in [0.29, 0.717) is 12.1 Å². The molecule has 1 aromatic carbocycles. The van der Waals surface area contributed by atoms with Gasteiger partial charge in [0.15, 0.2) is 0 Å². The average Bonchev–Trinajstić information content (AvgIpc) is 2.71. The molecule has 1 N–H and O–H groups in total. The van der Waals surface area contributed by atoms with Crippen molar-refractivity contribution in [2.45, 2.75) is 12.6 Å². The van der Waals surface area contributed by atoms with Crippen LogP contribution in [0, 0.1) is 5.82 Å². The van der Waals surface area contributed by atoms with Gasteiger partial charge in [0.1, 0.15) is 5.82 Å². The molecule has 0 aliphatic carbocycles. The number of benzene rings is 1. The predicted molar refractivity (Wildman–Crippen MR) is 53.6 cm³/mol. The minimum Gasteiger partial charge on any atom is -0.386 e. The van der Waals surface area contributed by atoms with Gasteiger partial charge in [0.2, 0.25) is 0 Å². The minimum absolute atomic E-state index is 0.301. The van der Waals surface area contributed by atoms with Gasteiger partial charge in [-0.1, -0.05) is 12.1 Å². The summed E-state index contributed by atoms with van der Waals surface area (Å²) >= 11 is 0. The van der Waals surface area contributed by atoms with Crippen molar-refractivity contribution in [3.8, 4) is 0 Å². The largest absolute Gasteiger partial charge is 0.386 e. The van der Waals surface area contributed by atoms with Crippen LogP contribution >= 0.6 is 0 Å². The van der Waals surface area contributed by atoms with Gasteiger partial charge in [0, 0.05) is 12.4 Å². The van der Waals surface area contributed by atoms with Crippen molar-refractivity contribution < 1.29 is 9.50 Å². The summed E-state index contributed by atoms with van der Waals surface area (Å²) in [6.45, 7) is 0.374. The molecule has 0 unspecified atom stereocenters. The van der Waals surface area contributed by atoms with Crippen LogP contribution in [-0.4, -0.2) is 14.9 Å². The summed E-state index contributed by atoms with van der Waals surface area (Å²) in [5, 5.41) is 13.8. The summed E-state index contributed by atoms with van der Waals surface area (Å²) < 4.78 is 14.3. The molecule has 0 amide bonds. The van der Waals surface area contributed by atoms with Gasteiger partial charge < -0.3 is 5.11 Å². The highest BCUT2D eigenvalue weighted by Gasteiger charge is 2.08. The normalized spacial score (nSPS) is 12.7. The zero-order chi connectivity index (χ0) is 10.7. The van der Waals surface area contributed by atoms with Gasteiger partial charge in [-0.05, 0) is 23.8 Å². The number of aliphatic hydroxyl groups excluding tert-OH is 1. The molecular weight excluding hydrogens is 195 g/mol. The Hall–Kier alpha value is -1.68. The molecule has 2 rings (SSSR count). The van der Waals surface area contributed by atoms with E-state index in [0.717, 1.165) is 0 Å². The molecule has 1 aromatic heterocycles. The molecule has 0 bridgehead atoms. The molecule has 4 heteroatoms. The number of rotatable bonds is 3. The van der Waals surface area contributed by atoms with Crippen LogP contribution in [0.2, 0.25) is 0 Å². The number of halogens is 1. The van der Waals surface area contributed by atoms with Crippen molar-refractivity contribution in [3.05, 3.63) is 54.1 Å². The fourth-order valence-corrected chi connectivity index (χ4v) is 1.38. The Balaban J connectivity index is 2.08. The first-order chi connectivity index (χ1) is 7.25. The average molecular weight is 206 g/mol.